The van der Waals surface area contributed by atoms with Gasteiger partial charge in [0, 0.05) is 6.20 Å². The van der Waals surface area contributed by atoms with Crippen molar-refractivity contribution >= 4 is 11.8 Å². The normalized spacial score (nSPS) is 12.3. The van der Waals surface area contributed by atoms with E-state index in [0.717, 1.165) is 16.9 Å². The van der Waals surface area contributed by atoms with Crippen molar-refractivity contribution in [2.24, 2.45) is 5.41 Å². The van der Waals surface area contributed by atoms with E-state index in [1.807, 2.05) is 19.1 Å². The van der Waals surface area contributed by atoms with E-state index in [2.05, 4.69) is 31.8 Å². The maximum Gasteiger partial charge on any atom is 0.0858 e. The largest absolute Gasteiger partial charge is 0.397 e. The summed E-state index contributed by atoms with van der Waals surface area (Å²) in [5.41, 5.74) is 8.77. The van der Waals surface area contributed by atoms with Crippen LogP contribution in [0.4, 0.5) is 5.69 Å². The molecule has 0 unspecified atom stereocenters. The van der Waals surface area contributed by atoms with Crippen LogP contribution in [0.5, 0.6) is 0 Å². The molecular formula is C12H18N2. The molecule has 2 nitrogen and oxygen atoms in total. The van der Waals surface area contributed by atoms with Gasteiger partial charge < -0.3 is 5.73 Å². The number of hydrogen-bond donors (Lipinski definition) is 1. The van der Waals surface area contributed by atoms with E-state index >= 15 is 0 Å². The van der Waals surface area contributed by atoms with Crippen LogP contribution in [0.25, 0.3) is 6.08 Å². The Morgan fingerprint density at radius 2 is 2.00 bits per heavy atom. The number of nitrogens with two attached hydrogens (primary N) is 1. The second kappa shape index (κ2) is 3.82. The minimum absolute atomic E-state index is 0.165. The van der Waals surface area contributed by atoms with Crippen molar-refractivity contribution in [3.8, 4) is 0 Å². The maximum atomic E-state index is 5.90. The zero-order valence-corrected chi connectivity index (χ0v) is 9.33. The summed E-state index contributed by atoms with van der Waals surface area (Å²) < 4.78 is 0. The number of rotatable bonds is 1. The molecule has 0 saturated heterocycles. The highest BCUT2D eigenvalue weighted by Crippen LogP contribution is 2.20. The molecule has 2 N–H and O–H groups in total. The number of pyridine rings is 1. The quantitative estimate of drug-likeness (QED) is 0.739. The van der Waals surface area contributed by atoms with E-state index in [1.165, 1.54) is 0 Å². The lowest BCUT2D eigenvalue weighted by Gasteiger charge is -2.11. The smallest absolute Gasteiger partial charge is 0.0858 e. The third-order valence-electron chi connectivity index (χ3n) is 1.98. The van der Waals surface area contributed by atoms with Crippen LogP contribution in [-0.4, -0.2) is 4.98 Å². The summed E-state index contributed by atoms with van der Waals surface area (Å²) in [7, 11) is 0. The number of aromatic nitrogens is 1. The topological polar surface area (TPSA) is 38.9 Å². The molecule has 1 rings (SSSR count). The molecule has 0 spiro atoms. The summed E-state index contributed by atoms with van der Waals surface area (Å²) in [6.07, 6.45) is 5.89. The van der Waals surface area contributed by atoms with Crippen LogP contribution >= 0.6 is 0 Å². The number of aryl methyl sites for hydroxylation is 1. The van der Waals surface area contributed by atoms with E-state index in [4.69, 9.17) is 5.73 Å². The highest BCUT2D eigenvalue weighted by atomic mass is 14.7. The molecule has 0 bridgehead atoms. The van der Waals surface area contributed by atoms with Crippen LogP contribution < -0.4 is 5.73 Å². The van der Waals surface area contributed by atoms with Crippen molar-refractivity contribution in [2.75, 3.05) is 5.73 Å². The molecule has 0 aliphatic rings. The molecule has 0 amide bonds. The number of anilines is 1. The number of hydrogen-bond acceptors (Lipinski definition) is 2. The first kappa shape index (κ1) is 10.8. The predicted molar refractivity (Wildman–Crippen MR) is 61.9 cm³/mol. The van der Waals surface area contributed by atoms with Crippen LogP contribution in [0.15, 0.2) is 18.3 Å². The first-order valence-corrected chi connectivity index (χ1v) is 4.80. The summed E-state index contributed by atoms with van der Waals surface area (Å²) in [4.78, 5) is 4.23. The molecule has 0 aliphatic carbocycles. The highest BCUT2D eigenvalue weighted by Gasteiger charge is 2.05. The molecule has 14 heavy (non-hydrogen) atoms. The van der Waals surface area contributed by atoms with Gasteiger partial charge in [-0.25, -0.2) is 0 Å². The molecule has 1 aromatic heterocycles. The van der Waals surface area contributed by atoms with E-state index in [-0.39, 0.29) is 5.41 Å². The lowest BCUT2D eigenvalue weighted by molar-refractivity contribution is 0.547. The van der Waals surface area contributed by atoms with Crippen LogP contribution in [0.2, 0.25) is 0 Å². The summed E-state index contributed by atoms with van der Waals surface area (Å²) >= 11 is 0. The highest BCUT2D eigenvalue weighted by molar-refractivity contribution is 5.63. The van der Waals surface area contributed by atoms with Gasteiger partial charge in [-0.1, -0.05) is 26.8 Å². The van der Waals surface area contributed by atoms with Gasteiger partial charge in [0.25, 0.3) is 0 Å². The van der Waals surface area contributed by atoms with Gasteiger partial charge in [-0.3, -0.25) is 4.98 Å². The van der Waals surface area contributed by atoms with Crippen LogP contribution in [0.1, 0.15) is 32.0 Å². The minimum Gasteiger partial charge on any atom is -0.397 e. The predicted octanol–water partition coefficient (Wildman–Crippen LogP) is 3.03. The van der Waals surface area contributed by atoms with Crippen molar-refractivity contribution in [2.45, 2.75) is 27.7 Å². The molecular weight excluding hydrogens is 172 g/mol. The molecule has 1 heterocycles. The van der Waals surface area contributed by atoms with Gasteiger partial charge in [0.05, 0.1) is 11.4 Å². The maximum absolute atomic E-state index is 5.90. The molecule has 0 radical (unpaired) electrons. The molecule has 1 aromatic rings. The van der Waals surface area contributed by atoms with Crippen molar-refractivity contribution in [1.82, 2.24) is 4.98 Å². The zero-order valence-electron chi connectivity index (χ0n) is 9.33. The Labute approximate surface area is 85.9 Å². The van der Waals surface area contributed by atoms with Gasteiger partial charge >= 0.3 is 0 Å². The SMILES string of the molecule is Cc1ccnc(/C=C/C(C)(C)C)c1N. The molecule has 76 valence electrons. The molecule has 0 atom stereocenters. The Morgan fingerprint density at radius 1 is 1.36 bits per heavy atom. The number of allylic oxidation sites excluding steroid dienone is 1. The second-order valence-corrected chi connectivity index (χ2v) is 4.63. The van der Waals surface area contributed by atoms with Gasteiger partial charge in [-0.2, -0.15) is 0 Å². The summed E-state index contributed by atoms with van der Waals surface area (Å²) in [6.45, 7) is 8.44. The van der Waals surface area contributed by atoms with Crippen molar-refractivity contribution in [1.29, 1.82) is 0 Å². The fraction of sp³-hybridized carbons (Fsp3) is 0.417. The minimum atomic E-state index is 0.165. The first-order chi connectivity index (χ1) is 6.40. The summed E-state index contributed by atoms with van der Waals surface area (Å²) in [5.74, 6) is 0. The Morgan fingerprint density at radius 3 is 2.57 bits per heavy atom. The Hall–Kier alpha value is -1.31. The standard InChI is InChI=1S/C12H18N2/c1-9-6-8-14-10(11(9)13)5-7-12(2,3)4/h5-8H,13H2,1-4H3/b7-5+. The zero-order chi connectivity index (χ0) is 10.8. The van der Waals surface area contributed by atoms with E-state index < -0.39 is 0 Å². The Kier molecular flexibility index (Phi) is 2.94. The van der Waals surface area contributed by atoms with Crippen LogP contribution in [0.3, 0.4) is 0 Å². The van der Waals surface area contributed by atoms with Gasteiger partial charge in [-0.15, -0.1) is 0 Å². The fourth-order valence-corrected chi connectivity index (χ4v) is 1.05. The number of nitrogens with zero attached hydrogens (tertiary/aromatic N) is 1. The van der Waals surface area contributed by atoms with Gasteiger partial charge in [0.1, 0.15) is 0 Å². The Bertz CT molecular complexity index is 346. The van der Waals surface area contributed by atoms with Crippen LogP contribution in [-0.2, 0) is 0 Å². The van der Waals surface area contributed by atoms with Crippen molar-refractivity contribution < 1.29 is 0 Å². The third-order valence-corrected chi connectivity index (χ3v) is 1.98. The third kappa shape index (κ3) is 2.87. The van der Waals surface area contributed by atoms with E-state index in [1.54, 1.807) is 6.20 Å². The Balaban J connectivity index is 2.98. The molecule has 0 aliphatic heterocycles. The summed E-state index contributed by atoms with van der Waals surface area (Å²) in [5, 5.41) is 0. The average molecular weight is 190 g/mol. The fourth-order valence-electron chi connectivity index (χ4n) is 1.05. The van der Waals surface area contributed by atoms with Crippen molar-refractivity contribution in [3.05, 3.63) is 29.6 Å². The monoisotopic (exact) mass is 190 g/mol. The first-order valence-electron chi connectivity index (χ1n) is 4.80. The second-order valence-electron chi connectivity index (χ2n) is 4.63. The van der Waals surface area contributed by atoms with Gasteiger partial charge in [0.2, 0.25) is 0 Å². The van der Waals surface area contributed by atoms with Gasteiger partial charge in [0.15, 0.2) is 0 Å². The average Bonchev–Trinajstić information content (AvgIpc) is 2.06. The van der Waals surface area contributed by atoms with E-state index in [0.29, 0.717) is 0 Å². The molecule has 0 fully saturated rings. The van der Waals surface area contributed by atoms with Crippen molar-refractivity contribution in [3.63, 3.8) is 0 Å². The molecule has 2 heteroatoms. The van der Waals surface area contributed by atoms with Crippen LogP contribution in [0, 0.1) is 12.3 Å². The molecule has 0 saturated carbocycles. The lowest BCUT2D eigenvalue weighted by Crippen LogP contribution is -2.00. The number of nitrogen functional groups attached to an aromatic ring is 1. The summed E-state index contributed by atoms with van der Waals surface area (Å²) in [6, 6.07) is 1.92. The lowest BCUT2D eigenvalue weighted by atomic mass is 9.96. The van der Waals surface area contributed by atoms with Gasteiger partial charge in [-0.05, 0) is 30.0 Å². The van der Waals surface area contributed by atoms with E-state index in [9.17, 15) is 0 Å². The molecule has 0 aromatic carbocycles.